The smallest absolute Gasteiger partial charge is 0.134 e. The van der Waals surface area contributed by atoms with E-state index in [0.29, 0.717) is 11.7 Å². The number of nitrogens with one attached hydrogen (secondary N) is 1. The first-order chi connectivity index (χ1) is 8.60. The number of hydrogen-bond donors (Lipinski definition) is 3. The highest BCUT2D eigenvalue weighted by molar-refractivity contribution is 5.56. The van der Waals surface area contributed by atoms with Crippen molar-refractivity contribution < 1.29 is 5.11 Å². The summed E-state index contributed by atoms with van der Waals surface area (Å²) >= 11 is 0. The minimum absolute atomic E-state index is 0.225. The molecular formula is C13H24N4O. The molecule has 18 heavy (non-hydrogen) atoms. The van der Waals surface area contributed by atoms with Gasteiger partial charge in [0.05, 0.1) is 0 Å². The van der Waals surface area contributed by atoms with Crippen LogP contribution in [0.25, 0.3) is 0 Å². The van der Waals surface area contributed by atoms with Crippen molar-refractivity contribution in [3.8, 4) is 0 Å². The van der Waals surface area contributed by atoms with Gasteiger partial charge in [0.2, 0.25) is 0 Å². The predicted octanol–water partition coefficient (Wildman–Crippen LogP) is 2.00. The van der Waals surface area contributed by atoms with Crippen LogP contribution in [0.5, 0.6) is 0 Å². The molecule has 0 amide bonds. The van der Waals surface area contributed by atoms with Crippen LogP contribution in [0.4, 0.5) is 11.6 Å². The highest BCUT2D eigenvalue weighted by atomic mass is 16.3. The van der Waals surface area contributed by atoms with Gasteiger partial charge in [-0.05, 0) is 18.3 Å². The Morgan fingerprint density at radius 3 is 2.67 bits per heavy atom. The Morgan fingerprint density at radius 1 is 1.39 bits per heavy atom. The van der Waals surface area contributed by atoms with E-state index in [4.69, 9.17) is 10.8 Å². The fourth-order valence-electron chi connectivity index (χ4n) is 1.99. The van der Waals surface area contributed by atoms with Crippen LogP contribution >= 0.6 is 0 Å². The highest BCUT2D eigenvalue weighted by Crippen LogP contribution is 2.26. The third kappa shape index (κ3) is 3.84. The molecule has 1 aromatic heterocycles. The predicted molar refractivity (Wildman–Crippen MR) is 74.5 cm³/mol. The van der Waals surface area contributed by atoms with Gasteiger partial charge in [0.1, 0.15) is 18.0 Å². The van der Waals surface area contributed by atoms with E-state index >= 15 is 0 Å². The molecule has 1 unspecified atom stereocenters. The van der Waals surface area contributed by atoms with Crippen LogP contribution in [0.3, 0.4) is 0 Å². The Hall–Kier alpha value is -1.36. The molecule has 102 valence electrons. The van der Waals surface area contributed by atoms with Gasteiger partial charge >= 0.3 is 0 Å². The van der Waals surface area contributed by atoms with E-state index in [0.717, 1.165) is 30.8 Å². The summed E-state index contributed by atoms with van der Waals surface area (Å²) < 4.78 is 0. The first kappa shape index (κ1) is 14.7. The van der Waals surface area contributed by atoms with Gasteiger partial charge in [-0.3, -0.25) is 0 Å². The minimum Gasteiger partial charge on any atom is -0.396 e. The molecule has 0 aliphatic rings. The molecule has 5 heteroatoms. The van der Waals surface area contributed by atoms with E-state index in [1.54, 1.807) is 0 Å². The number of anilines is 2. The molecule has 1 heterocycles. The van der Waals surface area contributed by atoms with Gasteiger partial charge in [-0.15, -0.1) is 0 Å². The van der Waals surface area contributed by atoms with Crippen molar-refractivity contribution in [1.82, 2.24) is 9.97 Å². The minimum atomic E-state index is 0.225. The molecule has 4 N–H and O–H groups in total. The van der Waals surface area contributed by atoms with Crippen molar-refractivity contribution in [2.45, 2.75) is 39.5 Å². The topological polar surface area (TPSA) is 84.1 Å². The van der Waals surface area contributed by atoms with Crippen molar-refractivity contribution >= 4 is 11.6 Å². The zero-order chi connectivity index (χ0) is 13.5. The van der Waals surface area contributed by atoms with E-state index in [1.165, 1.54) is 6.33 Å². The van der Waals surface area contributed by atoms with Crippen molar-refractivity contribution in [3.63, 3.8) is 0 Å². The summed E-state index contributed by atoms with van der Waals surface area (Å²) in [6.07, 6.45) is 3.32. The lowest BCUT2D eigenvalue weighted by molar-refractivity contribution is 0.258. The maximum atomic E-state index is 8.98. The van der Waals surface area contributed by atoms with E-state index < -0.39 is 0 Å². The summed E-state index contributed by atoms with van der Waals surface area (Å²) in [7, 11) is 0. The normalized spacial score (nSPS) is 12.7. The number of aliphatic hydroxyl groups is 1. The van der Waals surface area contributed by atoms with Crippen molar-refractivity contribution in [1.29, 1.82) is 0 Å². The molecule has 0 aliphatic heterocycles. The summed E-state index contributed by atoms with van der Waals surface area (Å²) in [6.45, 7) is 7.30. The summed E-state index contributed by atoms with van der Waals surface area (Å²) in [6, 6.07) is 0. The molecule has 1 aromatic rings. The number of hydrogen-bond acceptors (Lipinski definition) is 5. The molecule has 0 saturated heterocycles. The third-order valence-electron chi connectivity index (χ3n) is 3.16. The van der Waals surface area contributed by atoms with Gasteiger partial charge in [-0.1, -0.05) is 27.2 Å². The number of nitrogens with two attached hydrogens (primary N) is 1. The van der Waals surface area contributed by atoms with Crippen LogP contribution in [0, 0.1) is 5.92 Å². The fourth-order valence-corrected chi connectivity index (χ4v) is 1.99. The second kappa shape index (κ2) is 7.16. The SMILES string of the molecule is CCC(CCO)CNc1ncnc(N)c1C(C)C. The molecule has 0 radical (unpaired) electrons. The largest absolute Gasteiger partial charge is 0.396 e. The average Bonchev–Trinajstić information content (AvgIpc) is 2.33. The van der Waals surface area contributed by atoms with E-state index in [1.807, 2.05) is 0 Å². The van der Waals surface area contributed by atoms with E-state index in [9.17, 15) is 0 Å². The van der Waals surface area contributed by atoms with Crippen LogP contribution in [-0.2, 0) is 0 Å². The Morgan fingerprint density at radius 2 is 2.11 bits per heavy atom. The lowest BCUT2D eigenvalue weighted by Crippen LogP contribution is -2.17. The molecule has 0 aliphatic carbocycles. The van der Waals surface area contributed by atoms with E-state index in [2.05, 4.69) is 36.1 Å². The number of nitrogen functional groups attached to an aromatic ring is 1. The number of rotatable bonds is 7. The maximum absolute atomic E-state index is 8.98. The van der Waals surface area contributed by atoms with Crippen LogP contribution in [-0.4, -0.2) is 28.2 Å². The molecule has 1 rings (SSSR count). The Balaban J connectivity index is 2.75. The van der Waals surface area contributed by atoms with Gasteiger partial charge in [0.25, 0.3) is 0 Å². The first-order valence-electron chi connectivity index (χ1n) is 6.55. The average molecular weight is 252 g/mol. The summed E-state index contributed by atoms with van der Waals surface area (Å²) in [5.41, 5.74) is 6.86. The zero-order valence-electron chi connectivity index (χ0n) is 11.5. The number of aliphatic hydroxyl groups excluding tert-OH is 1. The summed E-state index contributed by atoms with van der Waals surface area (Å²) in [4.78, 5) is 8.29. The van der Waals surface area contributed by atoms with Crippen molar-refractivity contribution in [2.24, 2.45) is 5.92 Å². The third-order valence-corrected chi connectivity index (χ3v) is 3.16. The molecule has 0 bridgehead atoms. The Labute approximate surface area is 109 Å². The molecule has 0 saturated carbocycles. The molecule has 0 aromatic carbocycles. The van der Waals surface area contributed by atoms with Gasteiger partial charge in [-0.25, -0.2) is 9.97 Å². The first-order valence-corrected chi connectivity index (χ1v) is 6.55. The lowest BCUT2D eigenvalue weighted by atomic mass is 10.0. The van der Waals surface area contributed by atoms with Crippen LogP contribution < -0.4 is 11.1 Å². The second-order valence-electron chi connectivity index (χ2n) is 4.84. The van der Waals surface area contributed by atoms with Gasteiger partial charge in [0, 0.05) is 18.7 Å². The second-order valence-corrected chi connectivity index (χ2v) is 4.84. The zero-order valence-corrected chi connectivity index (χ0v) is 11.5. The Bertz CT molecular complexity index is 368. The number of nitrogens with zero attached hydrogens (tertiary/aromatic N) is 2. The summed E-state index contributed by atoms with van der Waals surface area (Å²) in [5, 5.41) is 12.3. The molecule has 5 nitrogen and oxygen atoms in total. The molecular weight excluding hydrogens is 228 g/mol. The van der Waals surface area contributed by atoms with Crippen LogP contribution in [0.2, 0.25) is 0 Å². The monoisotopic (exact) mass is 252 g/mol. The van der Waals surface area contributed by atoms with Crippen LogP contribution in [0.15, 0.2) is 6.33 Å². The Kier molecular flexibility index (Phi) is 5.85. The van der Waals surface area contributed by atoms with Crippen LogP contribution in [0.1, 0.15) is 45.1 Å². The number of aromatic nitrogens is 2. The highest BCUT2D eigenvalue weighted by Gasteiger charge is 2.14. The van der Waals surface area contributed by atoms with E-state index in [-0.39, 0.29) is 12.5 Å². The maximum Gasteiger partial charge on any atom is 0.134 e. The van der Waals surface area contributed by atoms with Gasteiger partial charge in [0.15, 0.2) is 0 Å². The summed E-state index contributed by atoms with van der Waals surface area (Å²) in [5.74, 6) is 2.09. The van der Waals surface area contributed by atoms with Gasteiger partial charge < -0.3 is 16.2 Å². The quantitative estimate of drug-likeness (QED) is 0.691. The van der Waals surface area contributed by atoms with Crippen molar-refractivity contribution in [2.75, 3.05) is 24.2 Å². The lowest BCUT2D eigenvalue weighted by Gasteiger charge is -2.18. The van der Waals surface area contributed by atoms with Crippen molar-refractivity contribution in [3.05, 3.63) is 11.9 Å². The standard InChI is InChI=1S/C13H24N4O/c1-4-10(5-6-18)7-15-13-11(9(2)3)12(14)16-8-17-13/h8-10,18H,4-7H2,1-3H3,(H3,14,15,16,17). The molecule has 0 spiro atoms. The molecule has 0 fully saturated rings. The fraction of sp³-hybridized carbons (Fsp3) is 0.692. The van der Waals surface area contributed by atoms with Gasteiger partial charge in [-0.2, -0.15) is 0 Å². The molecule has 1 atom stereocenters.